The van der Waals surface area contributed by atoms with E-state index in [2.05, 4.69) is 26.3 Å². The van der Waals surface area contributed by atoms with Crippen molar-refractivity contribution in [2.24, 2.45) is 0 Å². The van der Waals surface area contributed by atoms with Gasteiger partial charge in [-0.3, -0.25) is 10.1 Å². The van der Waals surface area contributed by atoms with Gasteiger partial charge in [0.25, 0.3) is 5.88 Å². The van der Waals surface area contributed by atoms with Crippen LogP contribution < -0.4 is 10.1 Å². The lowest BCUT2D eigenvalue weighted by Gasteiger charge is -2.24. The van der Waals surface area contributed by atoms with Crippen LogP contribution in [0.1, 0.15) is 22.7 Å². The lowest BCUT2D eigenvalue weighted by Crippen LogP contribution is -2.28. The topological polar surface area (TPSA) is 82.2 Å². The SMILES string of the molecule is CNC1=C([N+](=O)[O-])C(c2ccc(Br)cc2)c2c(C)nn(-c3ccccc3)c2O1. The molecular weight excluding hydrogens is 424 g/mol. The number of hydrogen-bond acceptors (Lipinski definition) is 5. The summed E-state index contributed by atoms with van der Waals surface area (Å²) in [4.78, 5) is 11.6. The molecule has 0 saturated carbocycles. The van der Waals surface area contributed by atoms with Gasteiger partial charge in [-0.15, -0.1) is 0 Å². The Hall–Kier alpha value is -3.13. The summed E-state index contributed by atoms with van der Waals surface area (Å²) in [6, 6.07) is 17.1. The summed E-state index contributed by atoms with van der Waals surface area (Å²) in [5.41, 5.74) is 2.95. The van der Waals surface area contributed by atoms with Crippen molar-refractivity contribution in [3.05, 3.63) is 97.6 Å². The maximum atomic E-state index is 12.0. The van der Waals surface area contributed by atoms with Gasteiger partial charge in [-0.2, -0.15) is 5.10 Å². The number of halogens is 1. The van der Waals surface area contributed by atoms with E-state index < -0.39 is 5.92 Å². The molecule has 0 fully saturated rings. The number of nitro groups is 1. The van der Waals surface area contributed by atoms with Gasteiger partial charge in [0.2, 0.25) is 5.88 Å². The van der Waals surface area contributed by atoms with Gasteiger partial charge in [0.1, 0.15) is 5.92 Å². The highest BCUT2D eigenvalue weighted by molar-refractivity contribution is 9.10. The third-order valence-electron chi connectivity index (χ3n) is 4.68. The molecule has 1 aliphatic heterocycles. The van der Waals surface area contributed by atoms with Crippen molar-refractivity contribution in [1.29, 1.82) is 0 Å². The van der Waals surface area contributed by atoms with Crippen molar-refractivity contribution in [2.45, 2.75) is 12.8 Å². The molecule has 0 amide bonds. The Morgan fingerprint density at radius 1 is 1.18 bits per heavy atom. The van der Waals surface area contributed by atoms with Crippen LogP contribution in [0.25, 0.3) is 5.69 Å². The zero-order valence-corrected chi connectivity index (χ0v) is 16.8. The summed E-state index contributed by atoms with van der Waals surface area (Å²) in [6.07, 6.45) is 0. The number of nitrogens with one attached hydrogen (secondary N) is 1. The molecule has 1 unspecified atom stereocenters. The molecule has 0 radical (unpaired) electrons. The summed E-state index contributed by atoms with van der Waals surface area (Å²) in [6.45, 7) is 1.84. The molecule has 1 aromatic heterocycles. The lowest BCUT2D eigenvalue weighted by molar-refractivity contribution is -0.432. The molecule has 0 saturated heterocycles. The number of allylic oxidation sites excluding steroid dienone is 1. The van der Waals surface area contributed by atoms with Gasteiger partial charge in [-0.1, -0.05) is 46.3 Å². The van der Waals surface area contributed by atoms with Gasteiger partial charge in [0.05, 0.1) is 21.9 Å². The number of para-hydroxylation sites is 1. The molecule has 2 aromatic carbocycles. The highest BCUT2D eigenvalue weighted by atomic mass is 79.9. The minimum Gasteiger partial charge on any atom is -0.416 e. The number of aromatic nitrogens is 2. The lowest BCUT2D eigenvalue weighted by atomic mass is 9.87. The third-order valence-corrected chi connectivity index (χ3v) is 5.21. The van der Waals surface area contributed by atoms with Gasteiger partial charge in [-0.05, 0) is 36.8 Å². The van der Waals surface area contributed by atoms with E-state index in [1.807, 2.05) is 61.5 Å². The number of nitrogens with zero attached hydrogens (tertiary/aromatic N) is 3. The van der Waals surface area contributed by atoms with Crippen molar-refractivity contribution < 1.29 is 9.66 Å². The molecular formula is C20H17BrN4O3. The zero-order valence-electron chi connectivity index (χ0n) is 15.2. The van der Waals surface area contributed by atoms with Crippen LogP contribution in [0.5, 0.6) is 5.88 Å². The standard InChI is InChI=1S/C20H17BrN4O3/c1-12-16-17(13-8-10-14(21)11-9-13)18(25(26)27)19(22-2)28-20(16)24(23-12)15-6-4-3-5-7-15/h3-11,17,22H,1-2H3. The van der Waals surface area contributed by atoms with E-state index in [4.69, 9.17) is 4.74 Å². The second kappa shape index (κ2) is 7.12. The molecule has 28 heavy (non-hydrogen) atoms. The van der Waals surface area contributed by atoms with Crippen molar-refractivity contribution >= 4 is 15.9 Å². The fraction of sp³-hybridized carbons (Fsp3) is 0.150. The van der Waals surface area contributed by atoms with Crippen molar-refractivity contribution in [3.8, 4) is 11.6 Å². The smallest absolute Gasteiger partial charge is 0.317 e. The maximum absolute atomic E-state index is 12.0. The number of ether oxygens (including phenoxy) is 1. The average molecular weight is 441 g/mol. The van der Waals surface area contributed by atoms with Crippen molar-refractivity contribution in [3.63, 3.8) is 0 Å². The number of hydrogen-bond donors (Lipinski definition) is 1. The first-order valence-electron chi connectivity index (χ1n) is 8.65. The number of benzene rings is 2. The van der Waals surface area contributed by atoms with Crippen LogP contribution in [0.2, 0.25) is 0 Å². The first-order chi connectivity index (χ1) is 13.5. The summed E-state index contributed by atoms with van der Waals surface area (Å²) >= 11 is 3.42. The Labute approximate surface area is 169 Å². The van der Waals surface area contributed by atoms with Gasteiger partial charge in [0.15, 0.2) is 0 Å². The van der Waals surface area contributed by atoms with E-state index in [1.54, 1.807) is 11.7 Å². The number of aryl methyl sites for hydroxylation is 1. The normalized spacial score (nSPS) is 15.8. The molecule has 1 N–H and O–H groups in total. The van der Waals surface area contributed by atoms with E-state index in [9.17, 15) is 10.1 Å². The summed E-state index contributed by atoms with van der Waals surface area (Å²) < 4.78 is 8.54. The number of fused-ring (bicyclic) bond motifs is 1. The van der Waals surface area contributed by atoms with Crippen molar-refractivity contribution in [2.75, 3.05) is 7.05 Å². The van der Waals surface area contributed by atoms with Gasteiger partial charge in [-0.25, -0.2) is 4.68 Å². The Morgan fingerprint density at radius 3 is 2.46 bits per heavy atom. The van der Waals surface area contributed by atoms with Crippen LogP contribution in [0, 0.1) is 17.0 Å². The Balaban J connectivity index is 1.98. The van der Waals surface area contributed by atoms with Crippen LogP contribution in [-0.4, -0.2) is 21.8 Å². The minimum absolute atomic E-state index is 0.0342. The van der Waals surface area contributed by atoms with E-state index in [0.717, 1.165) is 15.7 Å². The van der Waals surface area contributed by atoms with Crippen LogP contribution in [0.4, 0.5) is 0 Å². The molecule has 1 atom stereocenters. The first-order valence-corrected chi connectivity index (χ1v) is 9.45. The van der Waals surface area contributed by atoms with Crippen LogP contribution in [-0.2, 0) is 0 Å². The molecule has 0 bridgehead atoms. The van der Waals surface area contributed by atoms with E-state index in [-0.39, 0.29) is 16.5 Å². The zero-order chi connectivity index (χ0) is 19.8. The Kier molecular flexibility index (Phi) is 4.64. The summed E-state index contributed by atoms with van der Waals surface area (Å²) in [5, 5.41) is 19.4. The highest BCUT2D eigenvalue weighted by Gasteiger charge is 2.43. The highest BCUT2D eigenvalue weighted by Crippen LogP contribution is 2.45. The minimum atomic E-state index is -0.605. The van der Waals surface area contributed by atoms with Crippen LogP contribution in [0.3, 0.4) is 0 Å². The van der Waals surface area contributed by atoms with E-state index in [0.29, 0.717) is 17.1 Å². The fourth-order valence-corrected chi connectivity index (χ4v) is 3.72. The molecule has 1 aliphatic rings. The Morgan fingerprint density at radius 2 is 1.86 bits per heavy atom. The van der Waals surface area contributed by atoms with Gasteiger partial charge in [0, 0.05) is 11.5 Å². The summed E-state index contributed by atoms with van der Waals surface area (Å²) in [5.74, 6) is -0.0131. The number of rotatable bonds is 4. The summed E-state index contributed by atoms with van der Waals surface area (Å²) in [7, 11) is 1.61. The second-order valence-corrected chi connectivity index (χ2v) is 7.28. The molecule has 0 aliphatic carbocycles. The third kappa shape index (κ3) is 2.95. The molecule has 8 heteroatoms. The van der Waals surface area contributed by atoms with Gasteiger partial charge >= 0.3 is 5.70 Å². The van der Waals surface area contributed by atoms with Crippen LogP contribution in [0.15, 0.2) is 70.7 Å². The molecule has 7 nitrogen and oxygen atoms in total. The van der Waals surface area contributed by atoms with E-state index >= 15 is 0 Å². The molecule has 3 aromatic rings. The second-order valence-electron chi connectivity index (χ2n) is 6.36. The van der Waals surface area contributed by atoms with Crippen LogP contribution >= 0.6 is 15.9 Å². The average Bonchev–Trinajstić information content (AvgIpc) is 3.04. The molecule has 0 spiro atoms. The molecule has 4 rings (SSSR count). The molecule has 2 heterocycles. The predicted octanol–water partition coefficient (Wildman–Crippen LogP) is 4.13. The Bertz CT molecular complexity index is 1070. The largest absolute Gasteiger partial charge is 0.416 e. The van der Waals surface area contributed by atoms with Crippen molar-refractivity contribution in [1.82, 2.24) is 15.1 Å². The first kappa shape index (κ1) is 18.2. The fourth-order valence-electron chi connectivity index (χ4n) is 3.46. The van der Waals surface area contributed by atoms with E-state index in [1.165, 1.54) is 0 Å². The quantitative estimate of drug-likeness (QED) is 0.486. The monoisotopic (exact) mass is 440 g/mol. The predicted molar refractivity (Wildman–Crippen MR) is 108 cm³/mol. The maximum Gasteiger partial charge on any atom is 0.317 e. The van der Waals surface area contributed by atoms with Gasteiger partial charge < -0.3 is 10.1 Å². The molecule has 142 valence electrons.